The predicted octanol–water partition coefficient (Wildman–Crippen LogP) is 3.57. The summed E-state index contributed by atoms with van der Waals surface area (Å²) >= 11 is 3.65. The van der Waals surface area contributed by atoms with Crippen molar-refractivity contribution in [3.05, 3.63) is 52.8 Å². The lowest BCUT2D eigenvalue weighted by molar-refractivity contribution is 0.257. The fourth-order valence-electron chi connectivity index (χ4n) is 2.96. The van der Waals surface area contributed by atoms with E-state index < -0.39 is 0 Å². The second-order valence-electron chi connectivity index (χ2n) is 5.68. The number of rotatable bonds is 5. The van der Waals surface area contributed by atoms with Crippen molar-refractivity contribution in [1.29, 1.82) is 0 Å². The van der Waals surface area contributed by atoms with Crippen LogP contribution in [0.2, 0.25) is 0 Å². The van der Waals surface area contributed by atoms with E-state index in [1.807, 2.05) is 23.1 Å². The predicted molar refractivity (Wildman–Crippen MR) is 84.7 cm³/mol. The Labute approximate surface area is 128 Å². The Morgan fingerprint density at radius 1 is 1.35 bits per heavy atom. The van der Waals surface area contributed by atoms with Crippen molar-refractivity contribution in [2.75, 3.05) is 0 Å². The van der Waals surface area contributed by atoms with Crippen LogP contribution in [0.3, 0.4) is 0 Å². The lowest BCUT2D eigenvalue weighted by Gasteiger charge is -2.38. The molecule has 1 unspecified atom stereocenters. The lowest BCUT2D eigenvalue weighted by Crippen LogP contribution is -2.46. The van der Waals surface area contributed by atoms with E-state index >= 15 is 0 Å². The lowest BCUT2D eigenvalue weighted by atomic mass is 9.75. The highest BCUT2D eigenvalue weighted by atomic mass is 79.9. The molecule has 0 bridgehead atoms. The molecule has 20 heavy (non-hydrogen) atoms. The highest BCUT2D eigenvalue weighted by molar-refractivity contribution is 9.10. The van der Waals surface area contributed by atoms with E-state index in [1.165, 1.54) is 22.9 Å². The maximum Gasteiger partial charge on any atom is 0.0560 e. The SMILES string of the molecule is CC(Cn1cccn1)NC1CC(c2ccccc2Br)C1. The zero-order chi connectivity index (χ0) is 13.9. The van der Waals surface area contributed by atoms with Gasteiger partial charge in [0.05, 0.1) is 6.54 Å². The van der Waals surface area contributed by atoms with Gasteiger partial charge in [0.25, 0.3) is 0 Å². The summed E-state index contributed by atoms with van der Waals surface area (Å²) in [6.45, 7) is 3.16. The normalized spacial score (nSPS) is 23.3. The highest BCUT2D eigenvalue weighted by Crippen LogP contribution is 2.40. The molecule has 0 spiro atoms. The van der Waals surface area contributed by atoms with Crippen molar-refractivity contribution in [1.82, 2.24) is 15.1 Å². The molecule has 1 aromatic heterocycles. The zero-order valence-electron chi connectivity index (χ0n) is 11.7. The van der Waals surface area contributed by atoms with Gasteiger partial charge in [-0.05, 0) is 43.4 Å². The summed E-state index contributed by atoms with van der Waals surface area (Å²) in [7, 11) is 0. The quantitative estimate of drug-likeness (QED) is 0.906. The number of hydrogen-bond acceptors (Lipinski definition) is 2. The van der Waals surface area contributed by atoms with Crippen LogP contribution in [0.5, 0.6) is 0 Å². The Hall–Kier alpha value is -1.13. The van der Waals surface area contributed by atoms with Crippen molar-refractivity contribution in [3.8, 4) is 0 Å². The minimum atomic E-state index is 0.458. The van der Waals surface area contributed by atoms with Crippen LogP contribution in [0.1, 0.15) is 31.2 Å². The van der Waals surface area contributed by atoms with Crippen molar-refractivity contribution in [2.45, 2.75) is 44.3 Å². The average molecular weight is 334 g/mol. The molecule has 1 fully saturated rings. The summed E-state index contributed by atoms with van der Waals surface area (Å²) in [5, 5.41) is 7.95. The van der Waals surface area contributed by atoms with Crippen LogP contribution in [0, 0.1) is 0 Å². The van der Waals surface area contributed by atoms with Gasteiger partial charge in [-0.25, -0.2) is 0 Å². The first kappa shape index (κ1) is 13.8. The first-order valence-electron chi connectivity index (χ1n) is 7.20. The van der Waals surface area contributed by atoms with Gasteiger partial charge in [-0.15, -0.1) is 0 Å². The van der Waals surface area contributed by atoms with E-state index in [2.05, 4.69) is 57.5 Å². The molecule has 3 rings (SSSR count). The van der Waals surface area contributed by atoms with E-state index in [4.69, 9.17) is 0 Å². The van der Waals surface area contributed by atoms with Crippen LogP contribution < -0.4 is 5.32 Å². The van der Waals surface area contributed by atoms with Gasteiger partial charge < -0.3 is 5.32 Å². The van der Waals surface area contributed by atoms with Gasteiger partial charge in [-0.1, -0.05) is 34.1 Å². The number of nitrogens with one attached hydrogen (secondary N) is 1. The topological polar surface area (TPSA) is 29.9 Å². The third-order valence-corrected chi connectivity index (χ3v) is 4.75. The Morgan fingerprint density at radius 2 is 2.15 bits per heavy atom. The van der Waals surface area contributed by atoms with Gasteiger partial charge in [-0.2, -0.15) is 5.10 Å². The Balaban J connectivity index is 1.47. The van der Waals surface area contributed by atoms with E-state index in [9.17, 15) is 0 Å². The minimum Gasteiger partial charge on any atom is -0.310 e. The molecule has 1 aromatic carbocycles. The van der Waals surface area contributed by atoms with Crippen LogP contribution in [0.4, 0.5) is 0 Å². The largest absolute Gasteiger partial charge is 0.310 e. The maximum absolute atomic E-state index is 4.25. The summed E-state index contributed by atoms with van der Waals surface area (Å²) < 4.78 is 3.23. The molecule has 0 amide bonds. The van der Waals surface area contributed by atoms with Gasteiger partial charge in [0, 0.05) is 29.0 Å². The molecule has 2 aromatic rings. The number of aromatic nitrogens is 2. The van der Waals surface area contributed by atoms with E-state index in [0.29, 0.717) is 18.0 Å². The summed E-state index contributed by atoms with van der Waals surface area (Å²) in [5.74, 6) is 0.694. The van der Waals surface area contributed by atoms with Gasteiger partial charge in [0.2, 0.25) is 0 Å². The number of benzene rings is 1. The smallest absolute Gasteiger partial charge is 0.0560 e. The Morgan fingerprint density at radius 3 is 2.85 bits per heavy atom. The summed E-state index contributed by atoms with van der Waals surface area (Å²) in [4.78, 5) is 0. The summed E-state index contributed by atoms with van der Waals surface area (Å²) in [5.41, 5.74) is 1.45. The first-order chi connectivity index (χ1) is 9.72. The molecule has 1 heterocycles. The van der Waals surface area contributed by atoms with Crippen LogP contribution in [-0.4, -0.2) is 21.9 Å². The van der Waals surface area contributed by atoms with E-state index in [1.54, 1.807) is 0 Å². The average Bonchev–Trinajstić information content (AvgIpc) is 2.87. The second kappa shape index (κ2) is 6.10. The van der Waals surface area contributed by atoms with Gasteiger partial charge in [0.15, 0.2) is 0 Å². The van der Waals surface area contributed by atoms with Gasteiger partial charge >= 0.3 is 0 Å². The molecule has 1 saturated carbocycles. The zero-order valence-corrected chi connectivity index (χ0v) is 13.3. The Kier molecular flexibility index (Phi) is 4.22. The standard InChI is InChI=1S/C16H20BrN3/c1-12(11-20-8-4-7-18-20)19-14-9-13(10-14)15-5-2-3-6-16(15)17/h2-8,12-14,19H,9-11H2,1H3. The molecule has 4 heteroatoms. The molecule has 1 aliphatic carbocycles. The maximum atomic E-state index is 4.25. The molecule has 1 aliphatic rings. The van der Waals surface area contributed by atoms with Crippen molar-refractivity contribution in [2.24, 2.45) is 0 Å². The molecule has 3 nitrogen and oxygen atoms in total. The van der Waals surface area contributed by atoms with Gasteiger partial charge in [0.1, 0.15) is 0 Å². The van der Waals surface area contributed by atoms with Crippen molar-refractivity contribution in [3.63, 3.8) is 0 Å². The van der Waals surface area contributed by atoms with E-state index in [0.717, 1.165) is 6.54 Å². The second-order valence-corrected chi connectivity index (χ2v) is 6.54. The Bertz CT molecular complexity index is 547. The van der Waals surface area contributed by atoms with Crippen molar-refractivity contribution < 1.29 is 0 Å². The molecular formula is C16H20BrN3. The molecule has 1 N–H and O–H groups in total. The van der Waals surface area contributed by atoms with Crippen LogP contribution >= 0.6 is 15.9 Å². The molecule has 0 radical (unpaired) electrons. The van der Waals surface area contributed by atoms with Crippen LogP contribution in [-0.2, 0) is 6.54 Å². The fraction of sp³-hybridized carbons (Fsp3) is 0.438. The monoisotopic (exact) mass is 333 g/mol. The fourth-order valence-corrected chi connectivity index (χ4v) is 3.57. The number of halogens is 1. The molecular weight excluding hydrogens is 314 g/mol. The minimum absolute atomic E-state index is 0.458. The molecule has 0 saturated heterocycles. The van der Waals surface area contributed by atoms with Gasteiger partial charge in [-0.3, -0.25) is 4.68 Å². The van der Waals surface area contributed by atoms with Crippen molar-refractivity contribution >= 4 is 15.9 Å². The summed E-state index contributed by atoms with van der Waals surface area (Å²) in [6.07, 6.45) is 6.31. The van der Waals surface area contributed by atoms with Crippen LogP contribution in [0.25, 0.3) is 0 Å². The number of hydrogen-bond donors (Lipinski definition) is 1. The highest BCUT2D eigenvalue weighted by Gasteiger charge is 2.31. The summed E-state index contributed by atoms with van der Waals surface area (Å²) in [6, 6.07) is 11.6. The molecule has 0 aliphatic heterocycles. The first-order valence-corrected chi connectivity index (χ1v) is 7.99. The molecule has 106 valence electrons. The molecule has 1 atom stereocenters. The number of nitrogens with zero attached hydrogens (tertiary/aromatic N) is 2. The van der Waals surface area contributed by atoms with E-state index in [-0.39, 0.29) is 0 Å². The van der Waals surface area contributed by atoms with Crippen LogP contribution in [0.15, 0.2) is 47.2 Å². The third kappa shape index (κ3) is 3.13. The third-order valence-electron chi connectivity index (χ3n) is 4.02.